The number of hydrogen-bond acceptors (Lipinski definition) is 5. The highest BCUT2D eigenvalue weighted by molar-refractivity contribution is 6.01. The molecule has 1 heterocycles. The van der Waals surface area contributed by atoms with Crippen molar-refractivity contribution in [2.24, 2.45) is 0 Å². The van der Waals surface area contributed by atoms with E-state index in [1.807, 2.05) is 84.9 Å². The zero-order chi connectivity index (χ0) is 27.0. The fourth-order valence-electron chi connectivity index (χ4n) is 4.61. The van der Waals surface area contributed by atoms with Gasteiger partial charge in [-0.15, -0.1) is 0 Å². The summed E-state index contributed by atoms with van der Waals surface area (Å²) in [6.07, 6.45) is 0.623. The van der Waals surface area contributed by atoms with Crippen molar-refractivity contribution < 1.29 is 23.8 Å². The molecule has 39 heavy (non-hydrogen) atoms. The standard InChI is InChI=1S/C32H30N2O5/c1-37-26-14-16-27(17-15-26)38-20-8-19-34-28-21-25(13-18-29(28)39-22-30(34)35)33-32(36)31(23-9-4-2-5-10-23)24-11-6-3-7-12-24/h2-7,9-18,21,31H,8,19-20,22H2,1H3,(H,33,36). The van der Waals surface area contributed by atoms with E-state index < -0.39 is 5.92 Å². The first-order valence-corrected chi connectivity index (χ1v) is 12.9. The normalized spacial score (nSPS) is 12.5. The Bertz CT molecular complexity index is 1370. The monoisotopic (exact) mass is 522 g/mol. The minimum Gasteiger partial charge on any atom is -0.497 e. The first-order chi connectivity index (χ1) is 19.1. The molecule has 5 rings (SSSR count). The molecule has 0 spiro atoms. The molecule has 1 aliphatic rings. The summed E-state index contributed by atoms with van der Waals surface area (Å²) >= 11 is 0. The molecule has 198 valence electrons. The molecule has 0 aliphatic carbocycles. The van der Waals surface area contributed by atoms with Crippen LogP contribution < -0.4 is 24.4 Å². The fourth-order valence-corrected chi connectivity index (χ4v) is 4.61. The summed E-state index contributed by atoms with van der Waals surface area (Å²) in [5, 5.41) is 3.06. The van der Waals surface area contributed by atoms with Gasteiger partial charge in [-0.3, -0.25) is 9.59 Å². The van der Waals surface area contributed by atoms with E-state index in [1.54, 1.807) is 30.2 Å². The van der Waals surface area contributed by atoms with Crippen molar-refractivity contribution in [3.05, 3.63) is 114 Å². The van der Waals surface area contributed by atoms with Crippen molar-refractivity contribution in [1.82, 2.24) is 0 Å². The molecule has 0 saturated carbocycles. The second-order valence-electron chi connectivity index (χ2n) is 9.14. The van der Waals surface area contributed by atoms with Crippen LogP contribution in [0.4, 0.5) is 11.4 Å². The lowest BCUT2D eigenvalue weighted by atomic mass is 9.90. The van der Waals surface area contributed by atoms with Crippen LogP contribution in [0.5, 0.6) is 17.2 Å². The predicted octanol–water partition coefficient (Wildman–Crippen LogP) is 5.66. The van der Waals surface area contributed by atoms with Crippen LogP contribution in [0, 0.1) is 0 Å². The van der Waals surface area contributed by atoms with E-state index in [-0.39, 0.29) is 18.4 Å². The Hall–Kier alpha value is -4.78. The van der Waals surface area contributed by atoms with Crippen LogP contribution in [-0.2, 0) is 9.59 Å². The first kappa shape index (κ1) is 25.9. The number of nitrogens with one attached hydrogen (secondary N) is 1. The molecule has 2 amide bonds. The van der Waals surface area contributed by atoms with Crippen LogP contribution in [0.2, 0.25) is 0 Å². The molecule has 0 unspecified atom stereocenters. The van der Waals surface area contributed by atoms with Gasteiger partial charge in [0.15, 0.2) is 6.61 Å². The van der Waals surface area contributed by atoms with E-state index >= 15 is 0 Å². The van der Waals surface area contributed by atoms with Crippen LogP contribution >= 0.6 is 0 Å². The molecular formula is C32H30N2O5. The Morgan fingerprint density at radius 2 is 1.54 bits per heavy atom. The molecule has 0 aromatic heterocycles. The molecule has 0 atom stereocenters. The summed E-state index contributed by atoms with van der Waals surface area (Å²) in [7, 11) is 1.62. The van der Waals surface area contributed by atoms with Crippen molar-refractivity contribution in [3.8, 4) is 17.2 Å². The van der Waals surface area contributed by atoms with Gasteiger partial charge in [0.1, 0.15) is 17.2 Å². The molecule has 4 aromatic rings. The third-order valence-electron chi connectivity index (χ3n) is 6.55. The lowest BCUT2D eigenvalue weighted by molar-refractivity contribution is -0.121. The van der Waals surface area contributed by atoms with Crippen molar-refractivity contribution in [1.29, 1.82) is 0 Å². The van der Waals surface area contributed by atoms with E-state index in [4.69, 9.17) is 14.2 Å². The highest BCUT2D eigenvalue weighted by atomic mass is 16.5. The molecule has 7 heteroatoms. The Morgan fingerprint density at radius 3 is 2.18 bits per heavy atom. The number of benzene rings is 4. The summed E-state index contributed by atoms with van der Waals surface area (Å²) in [5.41, 5.74) is 3.02. The highest BCUT2D eigenvalue weighted by Gasteiger charge is 2.27. The van der Waals surface area contributed by atoms with Crippen molar-refractivity contribution in [2.75, 3.05) is 37.1 Å². The van der Waals surface area contributed by atoms with E-state index in [0.717, 1.165) is 22.6 Å². The zero-order valence-corrected chi connectivity index (χ0v) is 21.7. The predicted molar refractivity (Wildman–Crippen MR) is 151 cm³/mol. The third kappa shape index (κ3) is 6.21. The van der Waals surface area contributed by atoms with Gasteiger partial charge in [-0.05, 0) is 60.0 Å². The molecule has 4 aromatic carbocycles. The van der Waals surface area contributed by atoms with E-state index in [1.165, 1.54) is 0 Å². The van der Waals surface area contributed by atoms with E-state index in [0.29, 0.717) is 36.7 Å². The molecule has 0 saturated heterocycles. The number of methoxy groups -OCH3 is 1. The Balaban J connectivity index is 1.29. The van der Waals surface area contributed by atoms with E-state index in [9.17, 15) is 9.59 Å². The van der Waals surface area contributed by atoms with Gasteiger partial charge in [-0.25, -0.2) is 0 Å². The second kappa shape index (κ2) is 12.2. The summed E-state index contributed by atoms with van der Waals surface area (Å²) in [6, 6.07) is 32.1. The Morgan fingerprint density at radius 1 is 0.897 bits per heavy atom. The van der Waals surface area contributed by atoms with Gasteiger partial charge in [0.2, 0.25) is 5.91 Å². The van der Waals surface area contributed by atoms with Gasteiger partial charge >= 0.3 is 0 Å². The summed E-state index contributed by atoms with van der Waals surface area (Å²) in [4.78, 5) is 28.0. The molecule has 0 fully saturated rings. The summed E-state index contributed by atoms with van der Waals surface area (Å²) < 4.78 is 16.7. The quantitative estimate of drug-likeness (QED) is 0.272. The average molecular weight is 523 g/mol. The lowest BCUT2D eigenvalue weighted by Gasteiger charge is -2.30. The smallest absolute Gasteiger partial charge is 0.265 e. The molecule has 1 N–H and O–H groups in total. The van der Waals surface area contributed by atoms with Crippen molar-refractivity contribution >= 4 is 23.2 Å². The number of hydrogen-bond donors (Lipinski definition) is 1. The van der Waals surface area contributed by atoms with Crippen LogP contribution in [-0.4, -0.2) is 38.7 Å². The number of nitrogens with zero attached hydrogens (tertiary/aromatic N) is 1. The lowest BCUT2D eigenvalue weighted by Crippen LogP contribution is -2.40. The third-order valence-corrected chi connectivity index (χ3v) is 6.55. The van der Waals surface area contributed by atoms with Crippen LogP contribution in [0.3, 0.4) is 0 Å². The second-order valence-corrected chi connectivity index (χ2v) is 9.14. The number of rotatable bonds is 10. The molecule has 1 aliphatic heterocycles. The van der Waals surface area contributed by atoms with E-state index in [2.05, 4.69) is 5.32 Å². The van der Waals surface area contributed by atoms with Gasteiger partial charge in [0, 0.05) is 12.2 Å². The Labute approximate surface area is 227 Å². The average Bonchev–Trinajstić information content (AvgIpc) is 2.98. The SMILES string of the molecule is COc1ccc(OCCCN2C(=O)COc3ccc(NC(=O)C(c4ccccc4)c4ccccc4)cc32)cc1. The molecule has 0 radical (unpaired) electrons. The molecular weight excluding hydrogens is 492 g/mol. The number of fused-ring (bicyclic) bond motifs is 1. The van der Waals surface area contributed by atoms with Gasteiger partial charge in [-0.1, -0.05) is 60.7 Å². The maximum Gasteiger partial charge on any atom is 0.265 e. The van der Waals surface area contributed by atoms with Gasteiger partial charge in [0.25, 0.3) is 5.91 Å². The van der Waals surface area contributed by atoms with Gasteiger partial charge in [-0.2, -0.15) is 0 Å². The zero-order valence-electron chi connectivity index (χ0n) is 21.7. The number of anilines is 2. The summed E-state index contributed by atoms with van der Waals surface area (Å²) in [6.45, 7) is 0.875. The fraction of sp³-hybridized carbons (Fsp3) is 0.188. The van der Waals surface area contributed by atoms with Crippen LogP contribution in [0.15, 0.2) is 103 Å². The Kier molecular flexibility index (Phi) is 8.07. The minimum absolute atomic E-state index is 0.0257. The number of ether oxygens (including phenoxy) is 3. The van der Waals surface area contributed by atoms with Crippen LogP contribution in [0.1, 0.15) is 23.5 Å². The molecule has 0 bridgehead atoms. The number of carbonyl (C=O) groups is 2. The minimum atomic E-state index is -0.479. The van der Waals surface area contributed by atoms with Crippen molar-refractivity contribution in [2.45, 2.75) is 12.3 Å². The topological polar surface area (TPSA) is 77.1 Å². The maximum atomic E-state index is 13.6. The summed E-state index contributed by atoms with van der Waals surface area (Å²) in [5.74, 6) is 1.33. The first-order valence-electron chi connectivity index (χ1n) is 12.9. The maximum absolute atomic E-state index is 13.6. The number of carbonyl (C=O) groups excluding carboxylic acids is 2. The molecule has 7 nitrogen and oxygen atoms in total. The van der Waals surface area contributed by atoms with Crippen LogP contribution in [0.25, 0.3) is 0 Å². The largest absolute Gasteiger partial charge is 0.497 e. The van der Waals surface area contributed by atoms with Crippen molar-refractivity contribution in [3.63, 3.8) is 0 Å². The number of amides is 2. The van der Waals surface area contributed by atoms with Gasteiger partial charge in [0.05, 0.1) is 25.3 Å². The highest BCUT2D eigenvalue weighted by Crippen LogP contribution is 2.35. The van der Waals surface area contributed by atoms with Gasteiger partial charge < -0.3 is 24.4 Å².